The number of anilines is 2. The summed E-state index contributed by atoms with van der Waals surface area (Å²) < 4.78 is 0. The molecule has 1 aromatic carbocycles. The van der Waals surface area contributed by atoms with Gasteiger partial charge in [-0.1, -0.05) is 35.9 Å². The van der Waals surface area contributed by atoms with Crippen LogP contribution in [0.2, 0.25) is 5.02 Å². The van der Waals surface area contributed by atoms with E-state index in [0.29, 0.717) is 42.6 Å². The SMILES string of the molecule is C=C(C)c1ccc(NC(=O)N2CCN(c3ncc([C@H](O)CO)cc3Cl)CC2)cc1. The highest BCUT2D eigenvalue weighted by atomic mass is 35.5. The molecule has 1 aliphatic heterocycles. The average Bonchev–Trinajstić information content (AvgIpc) is 2.73. The maximum absolute atomic E-state index is 12.5. The fourth-order valence-corrected chi connectivity index (χ4v) is 3.42. The van der Waals surface area contributed by atoms with E-state index in [4.69, 9.17) is 16.7 Å². The fraction of sp³-hybridized carbons (Fsp3) is 0.333. The van der Waals surface area contributed by atoms with E-state index in [9.17, 15) is 9.90 Å². The number of carbonyl (C=O) groups is 1. The summed E-state index contributed by atoms with van der Waals surface area (Å²) in [5.74, 6) is 0.607. The van der Waals surface area contributed by atoms with Crippen molar-refractivity contribution in [2.24, 2.45) is 0 Å². The molecule has 1 aliphatic rings. The maximum Gasteiger partial charge on any atom is 0.321 e. The quantitative estimate of drug-likeness (QED) is 0.696. The monoisotopic (exact) mass is 416 g/mol. The number of hydrogen-bond donors (Lipinski definition) is 3. The fourth-order valence-electron chi connectivity index (χ4n) is 3.13. The van der Waals surface area contributed by atoms with Crippen LogP contribution in [0, 0.1) is 0 Å². The third kappa shape index (κ3) is 5.06. The third-order valence-corrected chi connectivity index (χ3v) is 5.17. The highest BCUT2D eigenvalue weighted by Crippen LogP contribution is 2.27. The number of urea groups is 1. The van der Waals surface area contributed by atoms with E-state index >= 15 is 0 Å². The summed E-state index contributed by atoms with van der Waals surface area (Å²) in [6, 6.07) is 9.06. The Morgan fingerprint density at radius 1 is 1.28 bits per heavy atom. The van der Waals surface area contributed by atoms with Crippen LogP contribution < -0.4 is 10.2 Å². The summed E-state index contributed by atoms with van der Waals surface area (Å²) in [4.78, 5) is 20.6. The number of allylic oxidation sites excluding steroid dienone is 1. The van der Waals surface area contributed by atoms with Crippen LogP contribution in [-0.4, -0.2) is 58.9 Å². The van der Waals surface area contributed by atoms with Crippen LogP contribution >= 0.6 is 11.6 Å². The van der Waals surface area contributed by atoms with Crippen molar-refractivity contribution in [1.82, 2.24) is 9.88 Å². The summed E-state index contributed by atoms with van der Waals surface area (Å²) in [7, 11) is 0. The minimum absolute atomic E-state index is 0.145. The molecule has 0 saturated carbocycles. The number of pyridine rings is 1. The molecule has 1 fully saturated rings. The second-order valence-corrected chi connectivity index (χ2v) is 7.44. The number of benzene rings is 1. The molecular weight excluding hydrogens is 392 g/mol. The van der Waals surface area contributed by atoms with Gasteiger partial charge in [-0.2, -0.15) is 0 Å². The first-order chi connectivity index (χ1) is 13.9. The first-order valence-corrected chi connectivity index (χ1v) is 9.78. The second-order valence-electron chi connectivity index (χ2n) is 7.03. The Bertz CT molecular complexity index is 880. The number of piperazine rings is 1. The van der Waals surface area contributed by atoms with E-state index in [1.165, 1.54) is 6.20 Å². The summed E-state index contributed by atoms with van der Waals surface area (Å²) in [6.45, 7) is 7.72. The highest BCUT2D eigenvalue weighted by Gasteiger charge is 2.24. The number of aliphatic hydroxyl groups is 2. The number of amides is 2. The molecule has 2 aromatic rings. The zero-order valence-electron chi connectivity index (χ0n) is 16.3. The summed E-state index contributed by atoms with van der Waals surface area (Å²) in [5.41, 5.74) is 3.23. The first kappa shape index (κ1) is 21.1. The van der Waals surface area contributed by atoms with Gasteiger partial charge in [0.25, 0.3) is 0 Å². The molecule has 0 aliphatic carbocycles. The van der Waals surface area contributed by atoms with Crippen LogP contribution in [0.3, 0.4) is 0 Å². The molecule has 7 nitrogen and oxygen atoms in total. The van der Waals surface area contributed by atoms with Gasteiger partial charge in [-0.15, -0.1) is 0 Å². The molecule has 2 amide bonds. The topological polar surface area (TPSA) is 88.9 Å². The number of hydrogen-bond acceptors (Lipinski definition) is 5. The molecule has 8 heteroatoms. The zero-order valence-corrected chi connectivity index (χ0v) is 17.1. The molecule has 1 aromatic heterocycles. The van der Waals surface area contributed by atoms with Crippen LogP contribution in [0.15, 0.2) is 43.1 Å². The van der Waals surface area contributed by atoms with E-state index < -0.39 is 6.10 Å². The lowest BCUT2D eigenvalue weighted by Crippen LogP contribution is -2.50. The molecular formula is C21H25ClN4O3. The predicted molar refractivity (Wildman–Crippen MR) is 115 cm³/mol. The van der Waals surface area contributed by atoms with Crippen LogP contribution in [0.4, 0.5) is 16.3 Å². The first-order valence-electron chi connectivity index (χ1n) is 9.40. The zero-order chi connectivity index (χ0) is 21.0. The molecule has 0 spiro atoms. The lowest BCUT2D eigenvalue weighted by Gasteiger charge is -2.35. The van der Waals surface area contributed by atoms with Crippen molar-refractivity contribution in [3.05, 3.63) is 59.3 Å². The van der Waals surface area contributed by atoms with E-state index in [-0.39, 0.29) is 12.6 Å². The molecule has 1 saturated heterocycles. The van der Waals surface area contributed by atoms with Crippen LogP contribution in [0.1, 0.15) is 24.2 Å². The maximum atomic E-state index is 12.5. The minimum atomic E-state index is -1.00. The molecule has 3 N–H and O–H groups in total. The Labute approximate surface area is 175 Å². The predicted octanol–water partition coefficient (Wildman–Crippen LogP) is 3.15. The Hall–Kier alpha value is -2.61. The minimum Gasteiger partial charge on any atom is -0.393 e. The summed E-state index contributed by atoms with van der Waals surface area (Å²) >= 11 is 6.31. The number of halogens is 1. The van der Waals surface area contributed by atoms with Gasteiger partial charge in [0.2, 0.25) is 0 Å². The van der Waals surface area contributed by atoms with Gasteiger partial charge in [0.15, 0.2) is 0 Å². The van der Waals surface area contributed by atoms with Crippen LogP contribution in [0.25, 0.3) is 5.57 Å². The molecule has 0 unspecified atom stereocenters. The molecule has 0 bridgehead atoms. The van der Waals surface area contributed by atoms with Crippen LogP contribution in [-0.2, 0) is 0 Å². The summed E-state index contributed by atoms with van der Waals surface area (Å²) in [5, 5.41) is 22.1. The molecule has 3 rings (SSSR count). The number of aromatic nitrogens is 1. The lowest BCUT2D eigenvalue weighted by molar-refractivity contribution is 0.0953. The van der Waals surface area contributed by atoms with Gasteiger partial charge in [-0.25, -0.2) is 9.78 Å². The van der Waals surface area contributed by atoms with Gasteiger partial charge >= 0.3 is 6.03 Å². The highest BCUT2D eigenvalue weighted by molar-refractivity contribution is 6.33. The van der Waals surface area contributed by atoms with Gasteiger partial charge in [0.05, 0.1) is 11.6 Å². The Kier molecular flexibility index (Phi) is 6.74. The van der Waals surface area contributed by atoms with Crippen molar-refractivity contribution < 1.29 is 15.0 Å². The van der Waals surface area contributed by atoms with Gasteiger partial charge in [0.1, 0.15) is 11.9 Å². The number of aliphatic hydroxyl groups excluding tert-OH is 2. The Morgan fingerprint density at radius 3 is 2.48 bits per heavy atom. The largest absolute Gasteiger partial charge is 0.393 e. The van der Waals surface area contributed by atoms with Gasteiger partial charge < -0.3 is 25.3 Å². The van der Waals surface area contributed by atoms with Gasteiger partial charge in [-0.3, -0.25) is 0 Å². The van der Waals surface area contributed by atoms with E-state index in [2.05, 4.69) is 16.9 Å². The Balaban J connectivity index is 1.57. The average molecular weight is 417 g/mol. The van der Waals surface area contributed by atoms with Crippen molar-refractivity contribution in [2.75, 3.05) is 43.0 Å². The van der Waals surface area contributed by atoms with Crippen molar-refractivity contribution in [2.45, 2.75) is 13.0 Å². The van der Waals surface area contributed by atoms with Crippen molar-refractivity contribution in [3.63, 3.8) is 0 Å². The van der Waals surface area contributed by atoms with Crippen molar-refractivity contribution in [3.8, 4) is 0 Å². The number of rotatable bonds is 5. The third-order valence-electron chi connectivity index (χ3n) is 4.90. The normalized spacial score (nSPS) is 15.2. The summed E-state index contributed by atoms with van der Waals surface area (Å²) in [6.07, 6.45) is 0.509. The van der Waals surface area contributed by atoms with Gasteiger partial charge in [-0.05, 0) is 30.7 Å². The molecule has 0 radical (unpaired) electrons. The Morgan fingerprint density at radius 2 is 1.93 bits per heavy atom. The molecule has 1 atom stereocenters. The van der Waals surface area contributed by atoms with E-state index in [1.54, 1.807) is 11.0 Å². The van der Waals surface area contributed by atoms with Crippen molar-refractivity contribution >= 4 is 34.7 Å². The molecule has 154 valence electrons. The second kappa shape index (κ2) is 9.26. The smallest absolute Gasteiger partial charge is 0.321 e. The molecule has 2 heterocycles. The number of carbonyl (C=O) groups excluding carboxylic acids is 1. The lowest BCUT2D eigenvalue weighted by atomic mass is 10.1. The number of nitrogens with zero attached hydrogens (tertiary/aromatic N) is 3. The van der Waals surface area contributed by atoms with Crippen LogP contribution in [0.5, 0.6) is 0 Å². The number of nitrogens with one attached hydrogen (secondary N) is 1. The van der Waals surface area contributed by atoms with Gasteiger partial charge in [0, 0.05) is 43.6 Å². The standard InChI is InChI=1S/C21H25ClN4O3/c1-14(2)15-3-5-17(6-4-15)24-21(29)26-9-7-25(8-10-26)20-18(22)11-16(12-23-20)19(28)13-27/h3-6,11-12,19,27-28H,1,7-10,13H2,2H3,(H,24,29)/t19-/m1/s1. The molecule has 29 heavy (non-hydrogen) atoms. The van der Waals surface area contributed by atoms with Crippen molar-refractivity contribution in [1.29, 1.82) is 0 Å². The van der Waals surface area contributed by atoms with E-state index in [1.807, 2.05) is 36.1 Å². The van der Waals surface area contributed by atoms with E-state index in [0.717, 1.165) is 16.8 Å².